The van der Waals surface area contributed by atoms with Crippen LogP contribution >= 0.6 is 0 Å². The molecule has 1 rings (SSSR count). The molecule has 0 aliphatic carbocycles. The van der Waals surface area contributed by atoms with Crippen LogP contribution in [0.15, 0.2) is 43.0 Å². The summed E-state index contributed by atoms with van der Waals surface area (Å²) in [4.78, 5) is 0. The van der Waals surface area contributed by atoms with Gasteiger partial charge in [-0.25, -0.2) is 0 Å². The molecule has 0 aliphatic rings. The van der Waals surface area contributed by atoms with Gasteiger partial charge in [0, 0.05) is 0 Å². The summed E-state index contributed by atoms with van der Waals surface area (Å²) in [7, 11) is 0. The summed E-state index contributed by atoms with van der Waals surface area (Å²) in [5, 5.41) is 0. The maximum Gasteiger partial charge on any atom is 0.0566 e. The zero-order chi connectivity index (χ0) is 9.73. The van der Waals surface area contributed by atoms with E-state index < -0.39 is 0 Å². The van der Waals surface area contributed by atoms with E-state index >= 15 is 0 Å². The van der Waals surface area contributed by atoms with E-state index in [4.69, 9.17) is 6.42 Å². The van der Waals surface area contributed by atoms with Crippen molar-refractivity contribution in [3.63, 3.8) is 0 Å². The Bertz CT molecular complexity index is 316. The molecule has 0 aromatic heterocycles. The van der Waals surface area contributed by atoms with E-state index in [0.29, 0.717) is 0 Å². The van der Waals surface area contributed by atoms with E-state index in [0.717, 1.165) is 6.42 Å². The molecule has 0 heteroatoms. The van der Waals surface area contributed by atoms with Crippen molar-refractivity contribution in [1.82, 2.24) is 0 Å². The highest BCUT2D eigenvalue weighted by atomic mass is 14.2. The molecule has 0 fully saturated rings. The lowest BCUT2D eigenvalue weighted by Gasteiger charge is -2.22. The van der Waals surface area contributed by atoms with Gasteiger partial charge in [0.2, 0.25) is 0 Å². The number of terminal acetylenes is 1. The van der Waals surface area contributed by atoms with Gasteiger partial charge in [0.05, 0.1) is 5.41 Å². The fourth-order valence-electron chi connectivity index (χ4n) is 1.35. The molecule has 0 amide bonds. The van der Waals surface area contributed by atoms with Crippen molar-refractivity contribution in [2.75, 3.05) is 0 Å². The SMILES string of the molecule is C#CC(C)(CC=C)c1ccccc1. The van der Waals surface area contributed by atoms with E-state index in [2.05, 4.69) is 31.6 Å². The van der Waals surface area contributed by atoms with Crippen molar-refractivity contribution < 1.29 is 0 Å². The molecule has 1 atom stereocenters. The first kappa shape index (κ1) is 9.61. The van der Waals surface area contributed by atoms with Crippen LogP contribution in [-0.4, -0.2) is 0 Å². The number of allylic oxidation sites excluding steroid dienone is 1. The van der Waals surface area contributed by atoms with Crippen LogP contribution in [0, 0.1) is 12.3 Å². The van der Waals surface area contributed by atoms with Crippen molar-refractivity contribution >= 4 is 0 Å². The van der Waals surface area contributed by atoms with Gasteiger partial charge in [-0.3, -0.25) is 0 Å². The lowest BCUT2D eigenvalue weighted by atomic mass is 9.80. The quantitative estimate of drug-likeness (QED) is 0.483. The summed E-state index contributed by atoms with van der Waals surface area (Å²) in [6, 6.07) is 10.1. The molecule has 66 valence electrons. The Morgan fingerprint density at radius 2 is 2.08 bits per heavy atom. The van der Waals surface area contributed by atoms with E-state index in [-0.39, 0.29) is 5.41 Å². The van der Waals surface area contributed by atoms with Crippen molar-refractivity contribution in [3.05, 3.63) is 48.6 Å². The van der Waals surface area contributed by atoms with Crippen LogP contribution in [-0.2, 0) is 5.41 Å². The molecule has 1 unspecified atom stereocenters. The summed E-state index contributed by atoms with van der Waals surface area (Å²) < 4.78 is 0. The molecule has 1 aromatic rings. The van der Waals surface area contributed by atoms with Crippen LogP contribution in [0.3, 0.4) is 0 Å². The summed E-state index contributed by atoms with van der Waals surface area (Å²) in [6.45, 7) is 5.78. The number of hydrogen-bond donors (Lipinski definition) is 0. The topological polar surface area (TPSA) is 0 Å². The molecule has 1 aromatic carbocycles. The molecule has 0 saturated carbocycles. The van der Waals surface area contributed by atoms with Crippen molar-refractivity contribution in [3.8, 4) is 12.3 Å². The molecule has 0 radical (unpaired) electrons. The minimum atomic E-state index is -0.205. The van der Waals surface area contributed by atoms with Gasteiger partial charge in [-0.1, -0.05) is 42.3 Å². The summed E-state index contributed by atoms with van der Waals surface area (Å²) >= 11 is 0. The largest absolute Gasteiger partial charge is 0.119 e. The Labute approximate surface area is 80.3 Å². The van der Waals surface area contributed by atoms with Gasteiger partial charge in [-0.15, -0.1) is 13.0 Å². The molecule has 13 heavy (non-hydrogen) atoms. The standard InChI is InChI=1S/C13H14/c1-4-11-13(3,5-2)12-9-7-6-8-10-12/h2,4,6-10H,1,11H2,3H3. The Morgan fingerprint density at radius 3 is 2.54 bits per heavy atom. The monoisotopic (exact) mass is 170 g/mol. The highest BCUT2D eigenvalue weighted by molar-refractivity contribution is 5.33. The number of hydrogen-bond acceptors (Lipinski definition) is 0. The predicted molar refractivity (Wildman–Crippen MR) is 57.4 cm³/mol. The highest BCUT2D eigenvalue weighted by Crippen LogP contribution is 2.26. The Morgan fingerprint density at radius 1 is 1.46 bits per heavy atom. The van der Waals surface area contributed by atoms with Crippen LogP contribution in [0.1, 0.15) is 18.9 Å². The third-order valence-electron chi connectivity index (χ3n) is 2.28. The fourth-order valence-corrected chi connectivity index (χ4v) is 1.35. The van der Waals surface area contributed by atoms with Gasteiger partial charge in [-0.2, -0.15) is 0 Å². The van der Waals surface area contributed by atoms with E-state index in [1.165, 1.54) is 5.56 Å². The molecule has 0 aliphatic heterocycles. The smallest absolute Gasteiger partial charge is 0.0566 e. The van der Waals surface area contributed by atoms with Crippen LogP contribution in [0.4, 0.5) is 0 Å². The molecular weight excluding hydrogens is 156 g/mol. The second kappa shape index (κ2) is 3.96. The molecule has 0 nitrogen and oxygen atoms in total. The summed E-state index contributed by atoms with van der Waals surface area (Å²) in [5.41, 5.74) is 0.973. The van der Waals surface area contributed by atoms with Gasteiger partial charge in [0.15, 0.2) is 0 Å². The number of rotatable bonds is 3. The molecule has 0 N–H and O–H groups in total. The average molecular weight is 170 g/mol. The first-order valence-electron chi connectivity index (χ1n) is 4.37. The zero-order valence-electron chi connectivity index (χ0n) is 7.96. The minimum Gasteiger partial charge on any atom is -0.119 e. The summed E-state index contributed by atoms with van der Waals surface area (Å²) in [6.07, 6.45) is 8.21. The lowest BCUT2D eigenvalue weighted by molar-refractivity contribution is 0.632. The Balaban J connectivity index is 3.04. The van der Waals surface area contributed by atoms with Crippen molar-refractivity contribution in [2.45, 2.75) is 18.8 Å². The summed E-state index contributed by atoms with van der Waals surface area (Å²) in [5.74, 6) is 2.82. The second-order valence-corrected chi connectivity index (χ2v) is 3.34. The number of benzene rings is 1. The molecular formula is C13H14. The maximum absolute atomic E-state index is 5.53. The maximum atomic E-state index is 5.53. The minimum absolute atomic E-state index is 0.205. The van der Waals surface area contributed by atoms with Crippen molar-refractivity contribution in [2.24, 2.45) is 0 Å². The first-order valence-corrected chi connectivity index (χ1v) is 4.37. The third-order valence-corrected chi connectivity index (χ3v) is 2.28. The van der Waals surface area contributed by atoms with Gasteiger partial charge >= 0.3 is 0 Å². The Kier molecular flexibility index (Phi) is 2.93. The van der Waals surface area contributed by atoms with Gasteiger partial charge < -0.3 is 0 Å². The van der Waals surface area contributed by atoms with Crippen LogP contribution in [0.5, 0.6) is 0 Å². The molecule has 0 spiro atoms. The lowest BCUT2D eigenvalue weighted by Crippen LogP contribution is -2.17. The van der Waals surface area contributed by atoms with Crippen LogP contribution in [0.2, 0.25) is 0 Å². The molecule has 0 bridgehead atoms. The van der Waals surface area contributed by atoms with Gasteiger partial charge in [-0.05, 0) is 18.9 Å². The highest BCUT2D eigenvalue weighted by Gasteiger charge is 2.21. The van der Waals surface area contributed by atoms with Crippen molar-refractivity contribution in [1.29, 1.82) is 0 Å². The predicted octanol–water partition coefficient (Wildman–Crippen LogP) is 3.15. The average Bonchev–Trinajstić information content (AvgIpc) is 2.19. The van der Waals surface area contributed by atoms with E-state index in [9.17, 15) is 0 Å². The normalized spacial score (nSPS) is 14.2. The molecule has 0 heterocycles. The van der Waals surface area contributed by atoms with Gasteiger partial charge in [0.1, 0.15) is 0 Å². The Hall–Kier alpha value is -1.48. The van der Waals surface area contributed by atoms with E-state index in [1.54, 1.807) is 0 Å². The second-order valence-electron chi connectivity index (χ2n) is 3.34. The van der Waals surface area contributed by atoms with Crippen LogP contribution < -0.4 is 0 Å². The fraction of sp³-hybridized carbons (Fsp3) is 0.231. The third kappa shape index (κ3) is 2.00. The van der Waals surface area contributed by atoms with E-state index in [1.807, 2.05) is 24.3 Å². The first-order chi connectivity index (χ1) is 6.23. The zero-order valence-corrected chi connectivity index (χ0v) is 7.96. The molecule has 0 saturated heterocycles. The van der Waals surface area contributed by atoms with Gasteiger partial charge in [0.25, 0.3) is 0 Å². The van der Waals surface area contributed by atoms with Crippen LogP contribution in [0.25, 0.3) is 0 Å².